The van der Waals surface area contributed by atoms with Crippen LogP contribution in [-0.4, -0.2) is 14.2 Å². The zero-order valence-corrected chi connectivity index (χ0v) is 14.9. The minimum absolute atomic E-state index is 0.0395. The van der Waals surface area contributed by atoms with Gasteiger partial charge in [-0.2, -0.15) is 0 Å². The molecular weight excluding hydrogens is 338 g/mol. The number of fused-ring (bicyclic) bond motifs is 1. The van der Waals surface area contributed by atoms with Crippen LogP contribution in [0.5, 0.6) is 0 Å². The van der Waals surface area contributed by atoms with E-state index in [-0.39, 0.29) is 10.7 Å². The Balaban J connectivity index is 2.48. The predicted molar refractivity (Wildman–Crippen MR) is 101 cm³/mol. The first-order valence-corrected chi connectivity index (χ1v) is 8.97. The number of allylic oxidation sites excluding steroid dienone is 5. The van der Waals surface area contributed by atoms with Crippen molar-refractivity contribution in [1.82, 2.24) is 0 Å². The van der Waals surface area contributed by atoms with E-state index in [0.29, 0.717) is 28.0 Å². The summed E-state index contributed by atoms with van der Waals surface area (Å²) in [6, 6.07) is 4.79. The molecule has 0 aliphatic heterocycles. The van der Waals surface area contributed by atoms with Gasteiger partial charge in [-0.3, -0.25) is 9.52 Å². The molecule has 0 radical (unpaired) electrons. The largest absolute Gasteiger partial charge is 0.461 e. The number of carbonyl (C=O) groups is 1. The van der Waals surface area contributed by atoms with Crippen molar-refractivity contribution in [1.29, 1.82) is 0 Å². The molecule has 1 aromatic heterocycles. The van der Waals surface area contributed by atoms with E-state index >= 15 is 0 Å². The fraction of sp³-hybridized carbons (Fsp3) is 0.105. The quantitative estimate of drug-likeness (QED) is 0.585. The van der Waals surface area contributed by atoms with Crippen LogP contribution in [-0.2, 0) is 10.0 Å². The molecule has 0 saturated heterocycles. The number of nitrogens with one attached hydrogen (secondary N) is 1. The summed E-state index contributed by atoms with van der Waals surface area (Å²) in [4.78, 5) is 11.9. The van der Waals surface area contributed by atoms with Crippen molar-refractivity contribution in [3.8, 4) is 0 Å². The second kappa shape index (κ2) is 7.36. The van der Waals surface area contributed by atoms with Crippen LogP contribution in [0.2, 0.25) is 0 Å². The fourth-order valence-electron chi connectivity index (χ4n) is 2.45. The molecule has 0 aliphatic rings. The van der Waals surface area contributed by atoms with Gasteiger partial charge in [0, 0.05) is 11.1 Å². The first-order chi connectivity index (χ1) is 11.8. The zero-order valence-electron chi connectivity index (χ0n) is 14.1. The maximum Gasteiger partial charge on any atom is 0.261 e. The molecule has 2 rings (SSSR count). The highest BCUT2D eigenvalue weighted by molar-refractivity contribution is 7.96. The van der Waals surface area contributed by atoms with E-state index in [1.165, 1.54) is 37.3 Å². The van der Waals surface area contributed by atoms with Crippen LogP contribution >= 0.6 is 0 Å². The third kappa shape index (κ3) is 3.97. The van der Waals surface area contributed by atoms with Gasteiger partial charge in [0.2, 0.25) is 0 Å². The molecule has 0 aliphatic carbocycles. The average molecular weight is 357 g/mol. The lowest BCUT2D eigenvalue weighted by atomic mass is 10.1. The second-order valence-corrected chi connectivity index (χ2v) is 6.99. The Hall–Kier alpha value is -2.86. The maximum atomic E-state index is 12.6. The Morgan fingerprint density at radius 1 is 1.24 bits per heavy atom. The SMILES string of the molecule is C=C/C=C\C(=C/C=C)S(=O)(=O)Nc1ccc2oc(C)c(C(C)=O)c2c1. The highest BCUT2D eigenvalue weighted by Gasteiger charge is 2.18. The molecule has 0 amide bonds. The maximum absolute atomic E-state index is 12.6. The van der Waals surface area contributed by atoms with Gasteiger partial charge < -0.3 is 4.42 Å². The van der Waals surface area contributed by atoms with Crippen molar-refractivity contribution in [2.45, 2.75) is 13.8 Å². The molecular formula is C19H19NO4S. The summed E-state index contributed by atoms with van der Waals surface area (Å²) in [5.74, 6) is 0.362. The third-order valence-corrected chi connectivity index (χ3v) is 4.85. The highest BCUT2D eigenvalue weighted by Crippen LogP contribution is 2.29. The molecule has 1 heterocycles. The van der Waals surface area contributed by atoms with E-state index in [1.54, 1.807) is 25.1 Å². The van der Waals surface area contributed by atoms with Crippen molar-refractivity contribution in [3.05, 3.63) is 78.0 Å². The molecule has 25 heavy (non-hydrogen) atoms. The number of hydrogen-bond donors (Lipinski definition) is 1. The molecule has 5 nitrogen and oxygen atoms in total. The number of sulfonamides is 1. The van der Waals surface area contributed by atoms with Gasteiger partial charge in [0.25, 0.3) is 10.0 Å². The van der Waals surface area contributed by atoms with Gasteiger partial charge in [0.05, 0.1) is 10.5 Å². The molecule has 1 N–H and O–H groups in total. The van der Waals surface area contributed by atoms with Crippen molar-refractivity contribution >= 4 is 32.5 Å². The lowest BCUT2D eigenvalue weighted by molar-refractivity contribution is 0.101. The van der Waals surface area contributed by atoms with E-state index < -0.39 is 10.0 Å². The lowest BCUT2D eigenvalue weighted by Gasteiger charge is -2.09. The Morgan fingerprint density at radius 3 is 2.56 bits per heavy atom. The molecule has 0 spiro atoms. The molecule has 0 atom stereocenters. The molecule has 130 valence electrons. The van der Waals surface area contributed by atoms with Gasteiger partial charge in [0.1, 0.15) is 11.3 Å². The van der Waals surface area contributed by atoms with E-state index in [1.807, 2.05) is 0 Å². The van der Waals surface area contributed by atoms with Crippen LogP contribution < -0.4 is 4.72 Å². The van der Waals surface area contributed by atoms with E-state index in [2.05, 4.69) is 17.9 Å². The van der Waals surface area contributed by atoms with E-state index in [4.69, 9.17) is 4.42 Å². The van der Waals surface area contributed by atoms with Gasteiger partial charge >= 0.3 is 0 Å². The minimum Gasteiger partial charge on any atom is -0.461 e. The van der Waals surface area contributed by atoms with Crippen molar-refractivity contribution < 1.29 is 17.6 Å². The number of benzene rings is 1. The number of aryl methyl sites for hydroxylation is 1. The number of rotatable bonds is 7. The average Bonchev–Trinajstić information content (AvgIpc) is 2.86. The fourth-order valence-corrected chi connectivity index (χ4v) is 3.54. The zero-order chi connectivity index (χ0) is 18.6. The standard InChI is InChI=1S/C19H19NO4S/c1-5-7-9-16(8-6-2)25(22,23)20-15-10-11-18-17(12-15)19(13(3)21)14(4)24-18/h5-12,20H,1-2H2,3-4H3/b9-7-,16-8+. The smallest absolute Gasteiger partial charge is 0.261 e. The van der Waals surface area contributed by atoms with Crippen LogP contribution in [0.4, 0.5) is 5.69 Å². The Labute approximate surface area is 147 Å². The van der Waals surface area contributed by atoms with Crippen molar-refractivity contribution in [2.24, 2.45) is 0 Å². The summed E-state index contributed by atoms with van der Waals surface area (Å²) in [6.07, 6.45) is 7.18. The normalized spacial score (nSPS) is 12.5. The van der Waals surface area contributed by atoms with Gasteiger partial charge in [0.15, 0.2) is 5.78 Å². The van der Waals surface area contributed by atoms with Gasteiger partial charge in [-0.15, -0.1) is 0 Å². The first kappa shape index (κ1) is 18.5. The molecule has 0 bridgehead atoms. The molecule has 2 aromatic rings. The van der Waals surface area contributed by atoms with Crippen LogP contribution in [0.25, 0.3) is 11.0 Å². The number of anilines is 1. The van der Waals surface area contributed by atoms with E-state index in [0.717, 1.165) is 0 Å². The lowest BCUT2D eigenvalue weighted by Crippen LogP contribution is -2.14. The van der Waals surface area contributed by atoms with Gasteiger partial charge in [-0.25, -0.2) is 8.42 Å². The van der Waals surface area contributed by atoms with Crippen LogP contribution in [0.15, 0.2) is 71.1 Å². The molecule has 0 saturated carbocycles. The minimum atomic E-state index is -3.82. The number of hydrogen-bond acceptors (Lipinski definition) is 4. The summed E-state index contributed by atoms with van der Waals surface area (Å²) in [5.41, 5.74) is 1.31. The first-order valence-electron chi connectivity index (χ1n) is 7.49. The summed E-state index contributed by atoms with van der Waals surface area (Å²) in [5, 5.41) is 0.570. The molecule has 0 unspecified atom stereocenters. The monoisotopic (exact) mass is 357 g/mol. The molecule has 6 heteroatoms. The van der Waals surface area contributed by atoms with Gasteiger partial charge in [-0.05, 0) is 44.2 Å². The Kier molecular flexibility index (Phi) is 5.44. The van der Waals surface area contributed by atoms with Crippen LogP contribution in [0.1, 0.15) is 23.0 Å². The topological polar surface area (TPSA) is 76.4 Å². The van der Waals surface area contributed by atoms with E-state index in [9.17, 15) is 13.2 Å². The summed E-state index contributed by atoms with van der Waals surface area (Å²) < 4.78 is 33.1. The van der Waals surface area contributed by atoms with Gasteiger partial charge in [-0.1, -0.05) is 31.4 Å². The van der Waals surface area contributed by atoms with Crippen molar-refractivity contribution in [3.63, 3.8) is 0 Å². The van der Waals surface area contributed by atoms with Crippen molar-refractivity contribution in [2.75, 3.05) is 4.72 Å². The highest BCUT2D eigenvalue weighted by atomic mass is 32.2. The number of ketones is 1. The number of furan rings is 1. The second-order valence-electron chi connectivity index (χ2n) is 5.31. The Bertz CT molecular complexity index is 1010. The Morgan fingerprint density at radius 2 is 1.96 bits per heavy atom. The summed E-state index contributed by atoms with van der Waals surface area (Å²) in [7, 11) is -3.82. The predicted octanol–water partition coefficient (Wildman–Crippen LogP) is 4.50. The van der Waals surface area contributed by atoms with Crippen LogP contribution in [0.3, 0.4) is 0 Å². The number of Topliss-reactive ketones (excluding diaryl/α,β-unsaturated/α-hetero) is 1. The summed E-state index contributed by atoms with van der Waals surface area (Å²) >= 11 is 0. The molecule has 1 aromatic carbocycles. The number of carbonyl (C=O) groups excluding carboxylic acids is 1. The molecule has 0 fully saturated rings. The third-order valence-electron chi connectivity index (χ3n) is 3.46. The summed E-state index contributed by atoms with van der Waals surface area (Å²) in [6.45, 7) is 10.2. The van der Waals surface area contributed by atoms with Crippen LogP contribution in [0, 0.1) is 6.92 Å².